The largest absolute Gasteiger partial charge is 0.464 e. The van der Waals surface area contributed by atoms with Crippen molar-refractivity contribution in [3.63, 3.8) is 0 Å². The Bertz CT molecular complexity index is 796. The fourth-order valence-electron chi connectivity index (χ4n) is 2.06. The smallest absolute Gasteiger partial charge is 0.357 e. The molecule has 0 atom stereocenters. The standard InChI is InChI=1S/C14H17N3O4S.ClH/c1-21-14(18)13-11-4-2-5-12(10(11)6-9-16-13)22(19,20)17-8-3-7-15;/h2,4-6,9,17H,3,7-8,15H2,1H3;1H. The second-order valence-corrected chi connectivity index (χ2v) is 6.28. The number of nitrogens with one attached hydrogen (secondary N) is 1. The summed E-state index contributed by atoms with van der Waals surface area (Å²) >= 11 is 0. The molecule has 1 aromatic carbocycles. The van der Waals surface area contributed by atoms with Gasteiger partial charge in [-0.25, -0.2) is 22.9 Å². The Balaban J connectivity index is 0.00000264. The molecule has 0 aliphatic heterocycles. The summed E-state index contributed by atoms with van der Waals surface area (Å²) in [6, 6.07) is 6.23. The van der Waals surface area contributed by atoms with Crippen LogP contribution in [-0.4, -0.2) is 39.6 Å². The number of carbonyl (C=O) groups is 1. The van der Waals surface area contributed by atoms with E-state index in [4.69, 9.17) is 5.73 Å². The molecule has 9 heteroatoms. The first-order chi connectivity index (χ1) is 10.5. The molecule has 0 spiro atoms. The van der Waals surface area contributed by atoms with Crippen LogP contribution in [0.1, 0.15) is 16.9 Å². The highest BCUT2D eigenvalue weighted by molar-refractivity contribution is 7.89. The zero-order valence-corrected chi connectivity index (χ0v) is 14.1. The van der Waals surface area contributed by atoms with Crippen molar-refractivity contribution in [1.29, 1.82) is 0 Å². The molecule has 3 N–H and O–H groups in total. The van der Waals surface area contributed by atoms with Crippen LogP contribution >= 0.6 is 12.4 Å². The number of halogens is 1. The lowest BCUT2D eigenvalue weighted by Crippen LogP contribution is -2.26. The van der Waals surface area contributed by atoms with Gasteiger partial charge in [0.25, 0.3) is 0 Å². The van der Waals surface area contributed by atoms with Crippen molar-refractivity contribution >= 4 is 39.2 Å². The van der Waals surface area contributed by atoms with Crippen molar-refractivity contribution in [3.8, 4) is 0 Å². The molecule has 126 valence electrons. The van der Waals surface area contributed by atoms with Crippen LogP contribution in [0.25, 0.3) is 10.8 Å². The molecule has 0 aliphatic rings. The SMILES string of the molecule is COC(=O)c1nccc2c(S(=O)(=O)NCCCN)cccc12.Cl. The first-order valence-corrected chi connectivity index (χ1v) is 8.15. The topological polar surface area (TPSA) is 111 Å². The van der Waals surface area contributed by atoms with Gasteiger partial charge in [-0.3, -0.25) is 0 Å². The number of fused-ring (bicyclic) bond motifs is 1. The van der Waals surface area contributed by atoms with E-state index in [9.17, 15) is 13.2 Å². The van der Waals surface area contributed by atoms with Gasteiger partial charge < -0.3 is 10.5 Å². The molecule has 0 unspecified atom stereocenters. The van der Waals surface area contributed by atoms with Crippen LogP contribution in [0.4, 0.5) is 0 Å². The summed E-state index contributed by atoms with van der Waals surface area (Å²) in [4.78, 5) is 15.8. The van der Waals surface area contributed by atoms with Gasteiger partial charge >= 0.3 is 5.97 Å². The number of carbonyl (C=O) groups excluding carboxylic acids is 1. The van der Waals surface area contributed by atoms with E-state index in [1.807, 2.05) is 0 Å². The van der Waals surface area contributed by atoms with Crippen LogP contribution < -0.4 is 10.5 Å². The number of nitrogens with zero attached hydrogens (tertiary/aromatic N) is 1. The lowest BCUT2D eigenvalue weighted by Gasteiger charge is -2.10. The van der Waals surface area contributed by atoms with E-state index in [0.29, 0.717) is 23.7 Å². The summed E-state index contributed by atoms with van der Waals surface area (Å²) in [6.07, 6.45) is 1.92. The number of rotatable bonds is 6. The molecular formula is C14H18ClN3O4S. The summed E-state index contributed by atoms with van der Waals surface area (Å²) < 4.78 is 31.9. The molecule has 2 rings (SSSR count). The highest BCUT2D eigenvalue weighted by Gasteiger charge is 2.20. The van der Waals surface area contributed by atoms with Gasteiger partial charge in [0.2, 0.25) is 10.0 Å². The molecule has 0 saturated carbocycles. The lowest BCUT2D eigenvalue weighted by molar-refractivity contribution is 0.0596. The lowest BCUT2D eigenvalue weighted by atomic mass is 10.1. The summed E-state index contributed by atoms with van der Waals surface area (Å²) in [7, 11) is -2.45. The number of hydrogen-bond donors (Lipinski definition) is 2. The number of sulfonamides is 1. The molecule has 7 nitrogen and oxygen atoms in total. The van der Waals surface area contributed by atoms with Crippen molar-refractivity contribution in [2.75, 3.05) is 20.2 Å². The van der Waals surface area contributed by atoms with Crippen molar-refractivity contribution < 1.29 is 17.9 Å². The summed E-state index contributed by atoms with van der Waals surface area (Å²) in [5.41, 5.74) is 5.44. The second kappa shape index (κ2) is 8.21. The highest BCUT2D eigenvalue weighted by Crippen LogP contribution is 2.24. The first-order valence-electron chi connectivity index (χ1n) is 6.67. The fourth-order valence-corrected chi connectivity index (χ4v) is 3.35. The van der Waals surface area contributed by atoms with E-state index >= 15 is 0 Å². The van der Waals surface area contributed by atoms with Crippen LogP contribution in [0.5, 0.6) is 0 Å². The van der Waals surface area contributed by atoms with Gasteiger partial charge in [-0.15, -0.1) is 12.4 Å². The molecule has 1 heterocycles. The molecule has 0 radical (unpaired) electrons. The molecule has 23 heavy (non-hydrogen) atoms. The van der Waals surface area contributed by atoms with Gasteiger partial charge in [0.15, 0.2) is 5.69 Å². The maximum atomic E-state index is 12.4. The van der Waals surface area contributed by atoms with Crippen LogP contribution in [0.15, 0.2) is 35.4 Å². The Morgan fingerprint density at radius 2 is 2.04 bits per heavy atom. The normalized spacial score (nSPS) is 11.0. The molecule has 0 bridgehead atoms. The molecule has 0 saturated heterocycles. The van der Waals surface area contributed by atoms with E-state index in [2.05, 4.69) is 14.4 Å². The van der Waals surface area contributed by atoms with Gasteiger partial charge in [-0.1, -0.05) is 12.1 Å². The maximum Gasteiger partial charge on any atom is 0.357 e. The van der Waals surface area contributed by atoms with E-state index in [1.54, 1.807) is 18.2 Å². The number of ether oxygens (including phenoxy) is 1. The predicted octanol–water partition coefficient (Wildman–Crippen LogP) is 1.07. The fraction of sp³-hybridized carbons (Fsp3) is 0.286. The Morgan fingerprint density at radius 1 is 1.30 bits per heavy atom. The molecule has 1 aromatic heterocycles. The van der Waals surface area contributed by atoms with E-state index in [-0.39, 0.29) is 29.5 Å². The molecular weight excluding hydrogens is 342 g/mol. The number of nitrogens with two attached hydrogens (primary N) is 1. The summed E-state index contributed by atoms with van der Waals surface area (Å²) in [6.45, 7) is 0.651. The number of methoxy groups -OCH3 is 1. The number of aromatic nitrogens is 1. The van der Waals surface area contributed by atoms with Crippen LogP contribution in [0.2, 0.25) is 0 Å². The second-order valence-electron chi connectivity index (χ2n) is 4.54. The Kier molecular flexibility index (Phi) is 6.89. The minimum Gasteiger partial charge on any atom is -0.464 e. The van der Waals surface area contributed by atoms with Crippen molar-refractivity contribution in [3.05, 3.63) is 36.2 Å². The third kappa shape index (κ3) is 4.17. The van der Waals surface area contributed by atoms with Gasteiger partial charge in [-0.2, -0.15) is 0 Å². The third-order valence-corrected chi connectivity index (χ3v) is 4.63. The monoisotopic (exact) mass is 359 g/mol. The van der Waals surface area contributed by atoms with E-state index in [0.717, 1.165) is 0 Å². The molecule has 0 amide bonds. The van der Waals surface area contributed by atoms with Gasteiger partial charge in [0.1, 0.15) is 0 Å². The van der Waals surface area contributed by atoms with E-state index < -0.39 is 16.0 Å². The van der Waals surface area contributed by atoms with Crippen molar-refractivity contribution in [2.24, 2.45) is 5.73 Å². The van der Waals surface area contributed by atoms with Crippen LogP contribution in [0.3, 0.4) is 0 Å². The number of benzene rings is 1. The Labute approximate surface area is 140 Å². The number of hydrogen-bond acceptors (Lipinski definition) is 6. The highest BCUT2D eigenvalue weighted by atomic mass is 35.5. The number of esters is 1. The Morgan fingerprint density at radius 3 is 2.70 bits per heavy atom. The van der Waals surface area contributed by atoms with E-state index in [1.165, 1.54) is 19.4 Å². The minimum atomic E-state index is -3.69. The Hall–Kier alpha value is -1.74. The molecule has 0 aliphatic carbocycles. The van der Waals surface area contributed by atoms with Gasteiger partial charge in [-0.05, 0) is 25.1 Å². The van der Waals surface area contributed by atoms with Crippen molar-refractivity contribution in [2.45, 2.75) is 11.3 Å². The third-order valence-electron chi connectivity index (χ3n) is 3.11. The van der Waals surface area contributed by atoms with Gasteiger partial charge in [0, 0.05) is 23.5 Å². The average Bonchev–Trinajstić information content (AvgIpc) is 2.53. The molecule has 2 aromatic rings. The van der Waals surface area contributed by atoms with Crippen LogP contribution in [0, 0.1) is 0 Å². The quantitative estimate of drug-likeness (QED) is 0.589. The zero-order valence-electron chi connectivity index (χ0n) is 12.5. The zero-order chi connectivity index (χ0) is 16.2. The minimum absolute atomic E-state index is 0. The predicted molar refractivity (Wildman–Crippen MR) is 89.2 cm³/mol. The van der Waals surface area contributed by atoms with Crippen LogP contribution in [-0.2, 0) is 14.8 Å². The maximum absolute atomic E-state index is 12.4. The first kappa shape index (κ1) is 19.3. The van der Waals surface area contributed by atoms with Gasteiger partial charge in [0.05, 0.1) is 12.0 Å². The summed E-state index contributed by atoms with van der Waals surface area (Å²) in [5.74, 6) is -0.615. The summed E-state index contributed by atoms with van der Waals surface area (Å²) in [5, 5.41) is 0.842. The number of pyridine rings is 1. The average molecular weight is 360 g/mol. The molecule has 0 fully saturated rings. The van der Waals surface area contributed by atoms with Crippen molar-refractivity contribution in [1.82, 2.24) is 9.71 Å².